The molecule has 0 amide bonds. The number of nitrogens with zero attached hydrogens (tertiary/aromatic N) is 2. The van der Waals surface area contributed by atoms with Gasteiger partial charge in [0.2, 0.25) is 0 Å². The third-order valence-electron chi connectivity index (χ3n) is 4.23. The molecule has 0 saturated carbocycles. The molecule has 0 aliphatic heterocycles. The average molecular weight is 285 g/mol. The van der Waals surface area contributed by atoms with Crippen LogP contribution in [0.1, 0.15) is 78.6 Å². The number of hydrogen-bond donors (Lipinski definition) is 0. The first-order chi connectivity index (χ1) is 9.65. The molecule has 0 aromatic rings. The Bertz CT molecular complexity index is 182. The van der Waals surface area contributed by atoms with E-state index in [0.29, 0.717) is 0 Å². The van der Waals surface area contributed by atoms with Crippen LogP contribution in [0.3, 0.4) is 0 Å². The first-order valence-corrected chi connectivity index (χ1v) is 9.04. The lowest BCUT2D eigenvalue weighted by molar-refractivity contribution is 0.169. The van der Waals surface area contributed by atoms with Crippen molar-refractivity contribution in [1.29, 1.82) is 0 Å². The normalized spacial score (nSPS) is 13.3. The van der Waals surface area contributed by atoms with Crippen molar-refractivity contribution in [3.05, 3.63) is 0 Å². The molecule has 2 heteroatoms. The summed E-state index contributed by atoms with van der Waals surface area (Å²) in [5, 5.41) is 0. The molecule has 1 unspecified atom stereocenters. The van der Waals surface area contributed by atoms with Crippen molar-refractivity contribution in [1.82, 2.24) is 9.80 Å². The molecule has 0 aromatic heterocycles. The van der Waals surface area contributed by atoms with Crippen LogP contribution in [-0.2, 0) is 0 Å². The Morgan fingerprint density at radius 1 is 0.700 bits per heavy atom. The second-order valence-electron chi connectivity index (χ2n) is 6.46. The summed E-state index contributed by atoms with van der Waals surface area (Å²) in [4.78, 5) is 5.10. The van der Waals surface area contributed by atoms with Gasteiger partial charge in [0.05, 0.1) is 0 Å². The van der Waals surface area contributed by atoms with Gasteiger partial charge in [-0.2, -0.15) is 0 Å². The van der Waals surface area contributed by atoms with Crippen LogP contribution in [0.25, 0.3) is 0 Å². The molecule has 0 aliphatic carbocycles. The van der Waals surface area contributed by atoms with E-state index in [0.717, 1.165) is 6.04 Å². The van der Waals surface area contributed by atoms with Crippen LogP contribution in [0, 0.1) is 0 Å². The molecule has 122 valence electrons. The maximum Gasteiger partial charge on any atom is 0.00931 e. The summed E-state index contributed by atoms with van der Waals surface area (Å²) in [6.45, 7) is 10.8. The summed E-state index contributed by atoms with van der Waals surface area (Å²) in [5.74, 6) is 0. The molecule has 0 spiro atoms. The van der Waals surface area contributed by atoms with E-state index in [1.165, 1.54) is 77.4 Å². The van der Waals surface area contributed by atoms with Crippen LogP contribution < -0.4 is 0 Å². The molecule has 2 nitrogen and oxygen atoms in total. The Labute approximate surface area is 128 Å². The van der Waals surface area contributed by atoms with Gasteiger partial charge in [-0.25, -0.2) is 0 Å². The number of unbranched alkanes of at least 4 members (excludes halogenated alkanes) is 4. The zero-order valence-electron chi connectivity index (χ0n) is 15.0. The maximum atomic E-state index is 2.79. The van der Waals surface area contributed by atoms with Gasteiger partial charge in [-0.3, -0.25) is 0 Å². The lowest BCUT2D eigenvalue weighted by Crippen LogP contribution is -2.37. The monoisotopic (exact) mass is 284 g/mol. The Morgan fingerprint density at radius 3 is 1.65 bits per heavy atom. The summed E-state index contributed by atoms with van der Waals surface area (Å²) in [5.41, 5.74) is 0. The van der Waals surface area contributed by atoms with Crippen molar-refractivity contribution >= 4 is 0 Å². The van der Waals surface area contributed by atoms with E-state index in [-0.39, 0.29) is 0 Å². The molecule has 0 saturated heterocycles. The molecular weight excluding hydrogens is 244 g/mol. The van der Waals surface area contributed by atoms with E-state index in [1.54, 1.807) is 0 Å². The molecule has 0 bridgehead atoms. The molecule has 0 rings (SSSR count). The standard InChI is InChI=1S/C18H40N2/c1-6-9-11-16-20(17-12-10-7-2)18(8-3)14-13-15-19(4)5/h18H,6-17H2,1-5H3. The topological polar surface area (TPSA) is 6.48 Å². The summed E-state index contributed by atoms with van der Waals surface area (Å²) < 4.78 is 0. The van der Waals surface area contributed by atoms with Gasteiger partial charge in [0.25, 0.3) is 0 Å². The minimum absolute atomic E-state index is 0.809. The van der Waals surface area contributed by atoms with Crippen molar-refractivity contribution < 1.29 is 0 Å². The summed E-state index contributed by atoms with van der Waals surface area (Å²) in [6, 6.07) is 0.809. The Balaban J connectivity index is 4.19. The van der Waals surface area contributed by atoms with Gasteiger partial charge < -0.3 is 9.80 Å². The van der Waals surface area contributed by atoms with Crippen molar-refractivity contribution in [2.45, 2.75) is 84.6 Å². The van der Waals surface area contributed by atoms with Crippen molar-refractivity contribution in [2.24, 2.45) is 0 Å². The molecule has 20 heavy (non-hydrogen) atoms. The highest BCUT2D eigenvalue weighted by molar-refractivity contribution is 4.71. The summed E-state index contributed by atoms with van der Waals surface area (Å²) >= 11 is 0. The molecule has 0 fully saturated rings. The van der Waals surface area contributed by atoms with E-state index < -0.39 is 0 Å². The predicted octanol–water partition coefficient (Wildman–Crippen LogP) is 4.79. The van der Waals surface area contributed by atoms with E-state index in [1.807, 2.05) is 0 Å². The fourth-order valence-corrected chi connectivity index (χ4v) is 2.89. The minimum atomic E-state index is 0.809. The van der Waals surface area contributed by atoms with Crippen molar-refractivity contribution in [2.75, 3.05) is 33.7 Å². The molecule has 1 atom stereocenters. The largest absolute Gasteiger partial charge is 0.309 e. The highest BCUT2D eigenvalue weighted by Gasteiger charge is 2.15. The van der Waals surface area contributed by atoms with Crippen LogP contribution in [0.15, 0.2) is 0 Å². The van der Waals surface area contributed by atoms with Crippen LogP contribution in [0.2, 0.25) is 0 Å². The SMILES string of the molecule is CCCCCN(CCCCC)C(CC)CCCN(C)C. The van der Waals surface area contributed by atoms with E-state index in [2.05, 4.69) is 44.7 Å². The summed E-state index contributed by atoms with van der Waals surface area (Å²) in [7, 11) is 4.36. The Kier molecular flexibility index (Phi) is 13.8. The quantitative estimate of drug-likeness (QED) is 0.423. The molecule has 0 aliphatic rings. The molecule has 0 radical (unpaired) electrons. The van der Waals surface area contributed by atoms with Gasteiger partial charge in [0, 0.05) is 6.04 Å². The fraction of sp³-hybridized carbons (Fsp3) is 1.00. The van der Waals surface area contributed by atoms with Crippen LogP contribution >= 0.6 is 0 Å². The lowest BCUT2D eigenvalue weighted by Gasteiger charge is -2.31. The van der Waals surface area contributed by atoms with Crippen LogP contribution in [-0.4, -0.2) is 49.6 Å². The molecule has 0 aromatic carbocycles. The maximum absolute atomic E-state index is 2.79. The van der Waals surface area contributed by atoms with Gasteiger partial charge in [0.1, 0.15) is 0 Å². The average Bonchev–Trinajstić information content (AvgIpc) is 2.42. The van der Waals surface area contributed by atoms with Gasteiger partial charge in [0.15, 0.2) is 0 Å². The Morgan fingerprint density at radius 2 is 1.25 bits per heavy atom. The zero-order chi connectivity index (χ0) is 15.2. The zero-order valence-corrected chi connectivity index (χ0v) is 15.0. The second-order valence-corrected chi connectivity index (χ2v) is 6.46. The van der Waals surface area contributed by atoms with E-state index in [4.69, 9.17) is 0 Å². The second kappa shape index (κ2) is 13.9. The molecule has 0 heterocycles. The minimum Gasteiger partial charge on any atom is -0.309 e. The predicted molar refractivity (Wildman–Crippen MR) is 92.5 cm³/mol. The molecular formula is C18H40N2. The summed E-state index contributed by atoms with van der Waals surface area (Å²) in [6.07, 6.45) is 12.2. The highest BCUT2D eigenvalue weighted by atomic mass is 15.1. The third kappa shape index (κ3) is 10.7. The van der Waals surface area contributed by atoms with E-state index in [9.17, 15) is 0 Å². The van der Waals surface area contributed by atoms with E-state index >= 15 is 0 Å². The fourth-order valence-electron chi connectivity index (χ4n) is 2.89. The third-order valence-corrected chi connectivity index (χ3v) is 4.23. The van der Waals surface area contributed by atoms with Gasteiger partial charge in [-0.15, -0.1) is 0 Å². The van der Waals surface area contributed by atoms with Crippen LogP contribution in [0.5, 0.6) is 0 Å². The van der Waals surface area contributed by atoms with Gasteiger partial charge >= 0.3 is 0 Å². The highest BCUT2D eigenvalue weighted by Crippen LogP contribution is 2.14. The van der Waals surface area contributed by atoms with Crippen molar-refractivity contribution in [3.8, 4) is 0 Å². The van der Waals surface area contributed by atoms with Crippen molar-refractivity contribution in [3.63, 3.8) is 0 Å². The number of hydrogen-bond acceptors (Lipinski definition) is 2. The first kappa shape index (κ1) is 19.9. The smallest absolute Gasteiger partial charge is 0.00931 e. The van der Waals surface area contributed by atoms with Gasteiger partial charge in [-0.05, 0) is 65.8 Å². The van der Waals surface area contributed by atoms with Crippen LogP contribution in [0.4, 0.5) is 0 Å². The first-order valence-electron chi connectivity index (χ1n) is 9.04. The Hall–Kier alpha value is -0.0800. The lowest BCUT2D eigenvalue weighted by atomic mass is 10.0. The van der Waals surface area contributed by atoms with Gasteiger partial charge in [-0.1, -0.05) is 46.5 Å². The number of rotatable bonds is 14. The molecule has 0 N–H and O–H groups in total.